The molecule has 0 atom stereocenters. The molecular weight excluding hydrogens is 427 g/mol. The maximum absolute atomic E-state index is 12.6. The zero-order chi connectivity index (χ0) is 18.6. The summed E-state index contributed by atoms with van der Waals surface area (Å²) in [6.07, 6.45) is 5.62. The smallest absolute Gasteiger partial charge is 0.258 e. The topological polar surface area (TPSA) is 49.0 Å². The largest absolute Gasteiger partial charge is 0.489 e. The van der Waals surface area contributed by atoms with E-state index in [1.165, 1.54) is 6.07 Å². The molecule has 0 N–H and O–H groups in total. The minimum atomic E-state index is -0.130. The summed E-state index contributed by atoms with van der Waals surface area (Å²) in [5.74, 6) is 0.562. The van der Waals surface area contributed by atoms with E-state index in [0.717, 1.165) is 28.7 Å². The molecule has 0 aliphatic rings. The first-order valence-corrected chi connectivity index (χ1v) is 8.88. The van der Waals surface area contributed by atoms with Gasteiger partial charge in [-0.15, -0.1) is 0 Å². The fourth-order valence-corrected chi connectivity index (χ4v) is 3.05. The predicted molar refractivity (Wildman–Crippen MR) is 106 cm³/mol. The molecule has 0 aliphatic heterocycles. The zero-order valence-corrected chi connectivity index (χ0v) is 18.5. The second-order valence-electron chi connectivity index (χ2n) is 6.32. The number of nitrogens with zero attached hydrogens (tertiary/aromatic N) is 3. The van der Waals surface area contributed by atoms with Crippen molar-refractivity contribution in [1.82, 2.24) is 14.3 Å². The zero-order valence-electron chi connectivity index (χ0n) is 15.7. The van der Waals surface area contributed by atoms with Crippen LogP contribution in [0.25, 0.3) is 16.6 Å². The van der Waals surface area contributed by atoms with Gasteiger partial charge in [-0.05, 0) is 29.8 Å². The van der Waals surface area contributed by atoms with Crippen molar-refractivity contribution in [3.05, 3.63) is 95.4 Å². The third kappa shape index (κ3) is 4.42. The number of benzene rings is 2. The van der Waals surface area contributed by atoms with Gasteiger partial charge in [-0.3, -0.25) is 14.0 Å². The number of ether oxygens (including phenoxy) is 1. The number of rotatable bonds is 6. The Hall–Kier alpha value is -2.24. The second kappa shape index (κ2) is 9.31. The molecule has 1 radical (unpaired) electrons. The van der Waals surface area contributed by atoms with Gasteiger partial charge in [-0.2, -0.15) is 12.0 Å². The standard InChI is InChI=1S/C22H20N3O2.Y/c1-2-11-25-21-9-8-19(13-18(21)15-23-25)24-12-10-20(14-22(24)26)27-16-17-6-4-3-5-7-17;/h2-10,12-15H,11,16H2,1H3;/q-1;. The van der Waals surface area contributed by atoms with Crippen LogP contribution in [0.5, 0.6) is 5.75 Å². The molecule has 5 nitrogen and oxygen atoms in total. The van der Waals surface area contributed by atoms with E-state index < -0.39 is 0 Å². The summed E-state index contributed by atoms with van der Waals surface area (Å²) in [6.45, 7) is 3.20. The molecule has 0 saturated carbocycles. The van der Waals surface area contributed by atoms with Crippen LogP contribution in [0.15, 0.2) is 77.9 Å². The minimum absolute atomic E-state index is 0. The van der Waals surface area contributed by atoms with Gasteiger partial charge >= 0.3 is 0 Å². The first kappa shape index (κ1) is 20.5. The fourth-order valence-electron chi connectivity index (χ4n) is 3.05. The van der Waals surface area contributed by atoms with Gasteiger partial charge in [0, 0.05) is 56.0 Å². The van der Waals surface area contributed by atoms with Gasteiger partial charge in [0.25, 0.3) is 5.56 Å². The van der Waals surface area contributed by atoms with Crippen LogP contribution in [0, 0.1) is 6.42 Å². The third-order valence-corrected chi connectivity index (χ3v) is 4.40. The number of pyridine rings is 1. The molecule has 0 fully saturated rings. The van der Waals surface area contributed by atoms with Crippen molar-refractivity contribution in [2.24, 2.45) is 0 Å². The maximum Gasteiger partial charge on any atom is 0.258 e. The molecule has 0 saturated heterocycles. The van der Waals surface area contributed by atoms with Crippen molar-refractivity contribution >= 4 is 10.9 Å². The Kier molecular flexibility index (Phi) is 6.81. The van der Waals surface area contributed by atoms with Crippen molar-refractivity contribution in [2.45, 2.75) is 20.1 Å². The van der Waals surface area contributed by atoms with E-state index in [1.54, 1.807) is 10.8 Å². The van der Waals surface area contributed by atoms with Crippen LogP contribution in [-0.4, -0.2) is 14.3 Å². The summed E-state index contributed by atoms with van der Waals surface area (Å²) < 4.78 is 9.28. The molecule has 2 aromatic carbocycles. The van der Waals surface area contributed by atoms with Crippen molar-refractivity contribution in [3.8, 4) is 11.4 Å². The molecule has 4 aromatic rings. The molecule has 0 amide bonds. The molecule has 2 heterocycles. The van der Waals surface area contributed by atoms with Crippen molar-refractivity contribution in [1.29, 1.82) is 0 Å². The normalized spacial score (nSPS) is 10.6. The summed E-state index contributed by atoms with van der Waals surface area (Å²) in [5.41, 5.74) is 2.79. The van der Waals surface area contributed by atoms with Crippen molar-refractivity contribution in [2.75, 3.05) is 0 Å². The van der Waals surface area contributed by atoms with Crippen LogP contribution in [0.2, 0.25) is 0 Å². The molecule has 0 unspecified atom stereocenters. The average Bonchev–Trinajstić information content (AvgIpc) is 3.10. The predicted octanol–water partition coefficient (Wildman–Crippen LogP) is 3.99. The maximum atomic E-state index is 12.6. The first-order chi connectivity index (χ1) is 13.2. The van der Waals surface area contributed by atoms with Crippen molar-refractivity contribution < 1.29 is 37.4 Å². The summed E-state index contributed by atoms with van der Waals surface area (Å²) in [5, 5.41) is 5.39. The van der Waals surface area contributed by atoms with Gasteiger partial charge in [0.05, 0.1) is 11.7 Å². The molecule has 4 rings (SSSR count). The van der Waals surface area contributed by atoms with Crippen LogP contribution in [0.1, 0.15) is 12.5 Å². The summed E-state index contributed by atoms with van der Waals surface area (Å²) in [7, 11) is 0. The van der Waals surface area contributed by atoms with Crippen LogP contribution in [0.4, 0.5) is 0 Å². The molecular formula is C22H20N3O2Y-. The van der Waals surface area contributed by atoms with Crippen LogP contribution in [0.3, 0.4) is 0 Å². The Morgan fingerprint density at radius 3 is 2.64 bits per heavy atom. The van der Waals surface area contributed by atoms with Gasteiger partial charge in [0.15, 0.2) is 0 Å². The van der Waals surface area contributed by atoms with E-state index in [0.29, 0.717) is 12.4 Å². The van der Waals surface area contributed by atoms with Gasteiger partial charge < -0.3 is 11.2 Å². The Morgan fingerprint density at radius 2 is 1.89 bits per heavy atom. The van der Waals surface area contributed by atoms with E-state index in [1.807, 2.05) is 72.4 Å². The molecule has 6 heteroatoms. The Morgan fingerprint density at radius 1 is 1.07 bits per heavy atom. The number of fused-ring (bicyclic) bond motifs is 1. The number of hydrogen-bond donors (Lipinski definition) is 0. The van der Waals surface area contributed by atoms with Gasteiger partial charge in [-0.1, -0.05) is 36.9 Å². The molecule has 2 aromatic heterocycles. The van der Waals surface area contributed by atoms with E-state index in [9.17, 15) is 4.79 Å². The Labute approximate surface area is 188 Å². The monoisotopic (exact) mass is 447 g/mol. The van der Waals surface area contributed by atoms with Crippen LogP contribution < -0.4 is 10.3 Å². The van der Waals surface area contributed by atoms with Crippen molar-refractivity contribution in [3.63, 3.8) is 0 Å². The fraction of sp³-hybridized carbons (Fsp3) is 0.136. The first-order valence-electron chi connectivity index (χ1n) is 8.88. The molecule has 0 spiro atoms. The summed E-state index contributed by atoms with van der Waals surface area (Å²) in [4.78, 5) is 12.6. The average molecular weight is 447 g/mol. The van der Waals surface area contributed by atoms with E-state index in [2.05, 4.69) is 11.5 Å². The van der Waals surface area contributed by atoms with Gasteiger partial charge in [0.1, 0.15) is 12.4 Å². The Balaban J connectivity index is 0.00000225. The quantitative estimate of drug-likeness (QED) is 0.420. The van der Waals surface area contributed by atoms with E-state index >= 15 is 0 Å². The SMILES string of the molecule is C[CH-]Cn1ncc2cc(-n3ccc(OCc4ccccc4)cc3=O)ccc21.[Y]. The second-order valence-corrected chi connectivity index (χ2v) is 6.32. The van der Waals surface area contributed by atoms with Crippen LogP contribution in [-0.2, 0) is 45.9 Å². The molecule has 0 aliphatic carbocycles. The number of aromatic nitrogens is 3. The van der Waals surface area contributed by atoms with Gasteiger partial charge in [0.2, 0.25) is 0 Å². The molecule has 0 bridgehead atoms. The summed E-state index contributed by atoms with van der Waals surface area (Å²) in [6, 6.07) is 19.1. The third-order valence-electron chi connectivity index (χ3n) is 4.40. The van der Waals surface area contributed by atoms with E-state index in [-0.39, 0.29) is 38.3 Å². The number of hydrogen-bond acceptors (Lipinski definition) is 3. The molecule has 139 valence electrons. The summed E-state index contributed by atoms with van der Waals surface area (Å²) >= 11 is 0. The Bertz CT molecular complexity index is 1120. The van der Waals surface area contributed by atoms with E-state index in [4.69, 9.17) is 4.74 Å². The minimum Gasteiger partial charge on any atom is -0.489 e. The molecule has 28 heavy (non-hydrogen) atoms. The van der Waals surface area contributed by atoms with Crippen LogP contribution >= 0.6 is 0 Å². The van der Waals surface area contributed by atoms with Gasteiger partial charge in [-0.25, -0.2) is 0 Å².